The first-order chi connectivity index (χ1) is 9.67. The van der Waals surface area contributed by atoms with Crippen LogP contribution < -0.4 is 15.2 Å². The normalized spacial score (nSPS) is 27.6. The summed E-state index contributed by atoms with van der Waals surface area (Å²) in [6, 6.07) is 5.64. The molecule has 108 valence electrons. The average Bonchev–Trinajstić information content (AvgIpc) is 3.07. The van der Waals surface area contributed by atoms with Crippen LogP contribution in [0.25, 0.3) is 0 Å². The standard InChI is InChI=1S/C16H21NO2S/c1-18-15-8-12(16(17)20)4-5-14(15)19-9-13-7-10-2-3-11(13)6-10/h4-5,8,10-11,13H,2-3,6-7,9H2,1H3,(H2,17,20). The molecule has 0 spiro atoms. The van der Waals surface area contributed by atoms with Crippen molar-refractivity contribution in [1.82, 2.24) is 0 Å². The van der Waals surface area contributed by atoms with E-state index in [4.69, 9.17) is 27.4 Å². The van der Waals surface area contributed by atoms with E-state index in [1.54, 1.807) is 7.11 Å². The predicted octanol–water partition coefficient (Wildman–Crippen LogP) is 3.14. The number of thiocarbonyl (C=S) groups is 1. The average molecular weight is 291 g/mol. The van der Waals surface area contributed by atoms with Gasteiger partial charge >= 0.3 is 0 Å². The minimum Gasteiger partial charge on any atom is -0.493 e. The summed E-state index contributed by atoms with van der Waals surface area (Å²) in [5.74, 6) is 4.04. The third-order valence-corrected chi connectivity index (χ3v) is 5.02. The SMILES string of the molecule is COc1cc(C(N)=S)ccc1OCC1CC2CCC1C2. The van der Waals surface area contributed by atoms with Crippen molar-refractivity contribution in [3.8, 4) is 11.5 Å². The van der Waals surface area contributed by atoms with Crippen LogP contribution in [-0.2, 0) is 0 Å². The van der Waals surface area contributed by atoms with Crippen LogP contribution in [0.2, 0.25) is 0 Å². The molecule has 0 amide bonds. The highest BCUT2D eigenvalue weighted by molar-refractivity contribution is 7.80. The van der Waals surface area contributed by atoms with Gasteiger partial charge in [0.25, 0.3) is 0 Å². The third kappa shape index (κ3) is 2.62. The van der Waals surface area contributed by atoms with Crippen molar-refractivity contribution in [2.75, 3.05) is 13.7 Å². The molecule has 20 heavy (non-hydrogen) atoms. The summed E-state index contributed by atoms with van der Waals surface area (Å²) in [4.78, 5) is 0.378. The molecule has 2 N–H and O–H groups in total. The Kier molecular flexibility index (Phi) is 3.83. The molecular weight excluding hydrogens is 270 g/mol. The molecule has 3 atom stereocenters. The smallest absolute Gasteiger partial charge is 0.161 e. The molecule has 0 aliphatic heterocycles. The Morgan fingerprint density at radius 3 is 2.75 bits per heavy atom. The summed E-state index contributed by atoms with van der Waals surface area (Å²) in [7, 11) is 1.64. The minimum atomic E-state index is 0.378. The predicted molar refractivity (Wildman–Crippen MR) is 83.3 cm³/mol. The number of ether oxygens (including phenoxy) is 2. The molecule has 0 saturated heterocycles. The highest BCUT2D eigenvalue weighted by Gasteiger charge is 2.39. The highest BCUT2D eigenvalue weighted by atomic mass is 32.1. The van der Waals surface area contributed by atoms with Gasteiger partial charge in [-0.05, 0) is 55.2 Å². The van der Waals surface area contributed by atoms with Crippen LogP contribution in [0.15, 0.2) is 18.2 Å². The van der Waals surface area contributed by atoms with Crippen molar-refractivity contribution in [2.24, 2.45) is 23.5 Å². The van der Waals surface area contributed by atoms with Gasteiger partial charge in [0.1, 0.15) is 4.99 Å². The van der Waals surface area contributed by atoms with E-state index in [-0.39, 0.29) is 0 Å². The van der Waals surface area contributed by atoms with E-state index in [0.717, 1.165) is 29.8 Å². The van der Waals surface area contributed by atoms with Gasteiger partial charge in [-0.1, -0.05) is 18.6 Å². The van der Waals surface area contributed by atoms with E-state index in [0.29, 0.717) is 16.7 Å². The van der Waals surface area contributed by atoms with E-state index in [9.17, 15) is 0 Å². The second-order valence-corrected chi connectivity index (χ2v) is 6.42. The number of nitrogens with two attached hydrogens (primary N) is 1. The summed E-state index contributed by atoms with van der Waals surface area (Å²) >= 11 is 4.98. The van der Waals surface area contributed by atoms with Gasteiger partial charge in [-0.2, -0.15) is 0 Å². The van der Waals surface area contributed by atoms with Crippen LogP contribution in [0.1, 0.15) is 31.2 Å². The molecule has 3 nitrogen and oxygen atoms in total. The Morgan fingerprint density at radius 2 is 2.15 bits per heavy atom. The molecule has 0 radical (unpaired) electrons. The Bertz CT molecular complexity index is 517. The van der Waals surface area contributed by atoms with Crippen LogP contribution in [0.5, 0.6) is 11.5 Å². The number of fused-ring (bicyclic) bond motifs is 2. The number of benzene rings is 1. The number of methoxy groups -OCH3 is 1. The lowest BCUT2D eigenvalue weighted by molar-refractivity contribution is 0.190. The lowest BCUT2D eigenvalue weighted by Gasteiger charge is -2.22. The molecule has 1 aromatic rings. The maximum atomic E-state index is 5.99. The summed E-state index contributed by atoms with van der Waals surface area (Å²) in [5, 5.41) is 0. The van der Waals surface area contributed by atoms with Crippen LogP contribution in [0.3, 0.4) is 0 Å². The lowest BCUT2D eigenvalue weighted by Crippen LogP contribution is -2.18. The first-order valence-corrected chi connectivity index (χ1v) is 7.69. The molecule has 2 fully saturated rings. The van der Waals surface area contributed by atoms with Crippen molar-refractivity contribution in [2.45, 2.75) is 25.7 Å². The molecule has 2 bridgehead atoms. The summed E-state index contributed by atoms with van der Waals surface area (Å²) < 4.78 is 11.4. The molecule has 3 unspecified atom stereocenters. The minimum absolute atomic E-state index is 0.378. The maximum Gasteiger partial charge on any atom is 0.161 e. The van der Waals surface area contributed by atoms with Gasteiger partial charge in [0.15, 0.2) is 11.5 Å². The molecule has 2 aliphatic rings. The first-order valence-electron chi connectivity index (χ1n) is 7.28. The molecule has 2 aliphatic carbocycles. The number of rotatable bonds is 5. The van der Waals surface area contributed by atoms with Crippen molar-refractivity contribution in [3.05, 3.63) is 23.8 Å². The fourth-order valence-electron chi connectivity index (χ4n) is 3.72. The van der Waals surface area contributed by atoms with Crippen molar-refractivity contribution in [3.63, 3.8) is 0 Å². The molecule has 2 saturated carbocycles. The quantitative estimate of drug-likeness (QED) is 0.847. The van der Waals surface area contributed by atoms with Gasteiger partial charge in [0, 0.05) is 5.56 Å². The van der Waals surface area contributed by atoms with Crippen LogP contribution in [-0.4, -0.2) is 18.7 Å². The summed E-state index contributed by atoms with van der Waals surface area (Å²) in [6.45, 7) is 0.796. The second-order valence-electron chi connectivity index (χ2n) is 5.98. The Morgan fingerprint density at radius 1 is 1.30 bits per heavy atom. The zero-order valence-corrected chi connectivity index (χ0v) is 12.6. The fourth-order valence-corrected chi connectivity index (χ4v) is 3.84. The lowest BCUT2D eigenvalue weighted by atomic mass is 9.89. The monoisotopic (exact) mass is 291 g/mol. The molecule has 1 aromatic carbocycles. The van der Waals surface area contributed by atoms with Gasteiger partial charge in [0.05, 0.1) is 13.7 Å². The van der Waals surface area contributed by atoms with Crippen molar-refractivity contribution in [1.29, 1.82) is 0 Å². The van der Waals surface area contributed by atoms with E-state index in [1.807, 2.05) is 18.2 Å². The van der Waals surface area contributed by atoms with Gasteiger partial charge in [-0.15, -0.1) is 0 Å². The van der Waals surface area contributed by atoms with Gasteiger partial charge in [-0.3, -0.25) is 0 Å². The third-order valence-electron chi connectivity index (χ3n) is 4.79. The first kappa shape index (κ1) is 13.7. The van der Waals surface area contributed by atoms with Crippen LogP contribution >= 0.6 is 12.2 Å². The summed E-state index contributed by atoms with van der Waals surface area (Å²) in [6.07, 6.45) is 5.55. The topological polar surface area (TPSA) is 44.5 Å². The van der Waals surface area contributed by atoms with Crippen LogP contribution in [0.4, 0.5) is 0 Å². The Balaban J connectivity index is 1.66. The highest BCUT2D eigenvalue weighted by Crippen LogP contribution is 2.48. The van der Waals surface area contributed by atoms with Gasteiger partial charge in [0.2, 0.25) is 0 Å². The molecule has 0 aromatic heterocycles. The maximum absolute atomic E-state index is 5.99. The van der Waals surface area contributed by atoms with Crippen LogP contribution in [0, 0.1) is 17.8 Å². The number of hydrogen-bond donors (Lipinski definition) is 1. The Labute approximate surface area is 125 Å². The molecular formula is C16H21NO2S. The number of hydrogen-bond acceptors (Lipinski definition) is 3. The van der Waals surface area contributed by atoms with Gasteiger partial charge in [-0.25, -0.2) is 0 Å². The Hall–Kier alpha value is -1.29. The molecule has 0 heterocycles. The summed E-state index contributed by atoms with van der Waals surface area (Å²) in [5.41, 5.74) is 6.45. The zero-order chi connectivity index (χ0) is 14.1. The van der Waals surface area contributed by atoms with Gasteiger partial charge < -0.3 is 15.2 Å². The van der Waals surface area contributed by atoms with Crippen molar-refractivity contribution < 1.29 is 9.47 Å². The molecule has 3 rings (SSSR count). The zero-order valence-electron chi connectivity index (χ0n) is 11.8. The van der Waals surface area contributed by atoms with E-state index >= 15 is 0 Å². The second kappa shape index (κ2) is 5.60. The van der Waals surface area contributed by atoms with Crippen molar-refractivity contribution >= 4 is 17.2 Å². The molecule has 4 heteroatoms. The van der Waals surface area contributed by atoms with E-state index in [1.165, 1.54) is 25.7 Å². The largest absolute Gasteiger partial charge is 0.493 e. The van der Waals surface area contributed by atoms with E-state index < -0.39 is 0 Å². The van der Waals surface area contributed by atoms with E-state index in [2.05, 4.69) is 0 Å². The fraction of sp³-hybridized carbons (Fsp3) is 0.562.